The molecular formula is C12H19NO3. The number of carbonyl (C=O) groups excluding carboxylic acids is 2. The van der Waals surface area contributed by atoms with E-state index in [9.17, 15) is 9.59 Å². The van der Waals surface area contributed by atoms with Gasteiger partial charge in [-0.05, 0) is 12.8 Å². The molecule has 1 saturated heterocycles. The smallest absolute Gasteiger partial charge is 0.328 e. The lowest BCUT2D eigenvalue weighted by molar-refractivity contribution is -0.147. The van der Waals surface area contributed by atoms with Gasteiger partial charge in [0.25, 0.3) is 0 Å². The predicted octanol–water partition coefficient (Wildman–Crippen LogP) is 1.24. The van der Waals surface area contributed by atoms with Crippen molar-refractivity contribution in [3.63, 3.8) is 0 Å². The molecule has 0 radical (unpaired) electrons. The molecule has 90 valence electrons. The van der Waals surface area contributed by atoms with Crippen LogP contribution in [0.4, 0.5) is 0 Å². The van der Waals surface area contributed by atoms with Crippen LogP contribution in [0.3, 0.4) is 0 Å². The Morgan fingerprint density at radius 1 is 1.44 bits per heavy atom. The molecule has 1 amide bonds. The van der Waals surface area contributed by atoms with Gasteiger partial charge in [0.15, 0.2) is 0 Å². The average molecular weight is 225 g/mol. The van der Waals surface area contributed by atoms with Crippen LogP contribution in [-0.2, 0) is 14.3 Å². The van der Waals surface area contributed by atoms with Crippen molar-refractivity contribution in [1.82, 2.24) is 5.32 Å². The van der Waals surface area contributed by atoms with E-state index in [4.69, 9.17) is 4.74 Å². The summed E-state index contributed by atoms with van der Waals surface area (Å²) in [7, 11) is 0. The first-order valence-electron chi connectivity index (χ1n) is 6.18. The molecule has 1 N–H and O–H groups in total. The Morgan fingerprint density at radius 2 is 2.12 bits per heavy atom. The molecule has 16 heavy (non-hydrogen) atoms. The van der Waals surface area contributed by atoms with E-state index in [0.29, 0.717) is 18.9 Å². The minimum Gasteiger partial charge on any atom is -0.464 e. The Balaban J connectivity index is 2.03. The Morgan fingerprint density at radius 3 is 2.75 bits per heavy atom. The van der Waals surface area contributed by atoms with Crippen molar-refractivity contribution in [2.24, 2.45) is 11.8 Å². The Bertz CT molecular complexity index is 284. The van der Waals surface area contributed by atoms with Gasteiger partial charge in [0.1, 0.15) is 6.04 Å². The van der Waals surface area contributed by atoms with E-state index >= 15 is 0 Å². The molecule has 2 unspecified atom stereocenters. The molecule has 0 aromatic carbocycles. The normalized spacial score (nSPS) is 30.4. The number of esters is 1. The molecular weight excluding hydrogens is 206 g/mol. The van der Waals surface area contributed by atoms with Crippen molar-refractivity contribution in [1.29, 1.82) is 0 Å². The molecule has 1 aliphatic heterocycles. The van der Waals surface area contributed by atoms with E-state index in [1.807, 2.05) is 0 Å². The zero-order chi connectivity index (χ0) is 11.5. The molecule has 0 aromatic rings. The first kappa shape index (κ1) is 11.4. The predicted molar refractivity (Wildman–Crippen MR) is 58.6 cm³/mol. The highest BCUT2D eigenvalue weighted by atomic mass is 16.5. The first-order valence-corrected chi connectivity index (χ1v) is 6.18. The van der Waals surface area contributed by atoms with Gasteiger partial charge in [-0.3, -0.25) is 4.79 Å². The quantitative estimate of drug-likeness (QED) is 0.735. The highest BCUT2D eigenvalue weighted by molar-refractivity contribution is 5.88. The van der Waals surface area contributed by atoms with E-state index in [-0.39, 0.29) is 17.8 Å². The van der Waals surface area contributed by atoms with Crippen molar-refractivity contribution in [2.45, 2.75) is 45.1 Å². The topological polar surface area (TPSA) is 55.4 Å². The second kappa shape index (κ2) is 4.85. The van der Waals surface area contributed by atoms with E-state index in [0.717, 1.165) is 12.8 Å². The maximum absolute atomic E-state index is 11.7. The maximum atomic E-state index is 11.7. The van der Waals surface area contributed by atoms with Gasteiger partial charge in [-0.25, -0.2) is 4.79 Å². The molecule has 2 atom stereocenters. The molecule has 1 saturated carbocycles. The molecule has 2 aliphatic rings. The monoisotopic (exact) mass is 225 g/mol. The number of hydrogen-bond donors (Lipinski definition) is 1. The van der Waals surface area contributed by atoms with Gasteiger partial charge >= 0.3 is 5.97 Å². The largest absolute Gasteiger partial charge is 0.464 e. The van der Waals surface area contributed by atoms with E-state index < -0.39 is 6.04 Å². The van der Waals surface area contributed by atoms with Crippen LogP contribution in [0.5, 0.6) is 0 Å². The van der Waals surface area contributed by atoms with Crippen LogP contribution in [0.1, 0.15) is 39.0 Å². The van der Waals surface area contributed by atoms with Gasteiger partial charge in [-0.2, -0.15) is 0 Å². The molecule has 0 aromatic heterocycles. The SMILES string of the molecule is CCOC(=O)C1NC(=O)CC1C1CCCC1. The lowest BCUT2D eigenvalue weighted by Crippen LogP contribution is -2.40. The zero-order valence-corrected chi connectivity index (χ0v) is 9.70. The fourth-order valence-electron chi connectivity index (χ4n) is 2.96. The Hall–Kier alpha value is -1.06. The van der Waals surface area contributed by atoms with Crippen molar-refractivity contribution in [2.75, 3.05) is 6.61 Å². The second-order valence-corrected chi connectivity index (χ2v) is 4.71. The van der Waals surface area contributed by atoms with Crippen molar-refractivity contribution >= 4 is 11.9 Å². The third-order valence-electron chi connectivity index (χ3n) is 3.71. The summed E-state index contributed by atoms with van der Waals surface area (Å²) >= 11 is 0. The maximum Gasteiger partial charge on any atom is 0.328 e. The average Bonchev–Trinajstić information content (AvgIpc) is 2.85. The van der Waals surface area contributed by atoms with Crippen LogP contribution in [0.2, 0.25) is 0 Å². The molecule has 0 bridgehead atoms. The summed E-state index contributed by atoms with van der Waals surface area (Å²) in [6, 6.07) is -0.393. The lowest BCUT2D eigenvalue weighted by atomic mass is 9.85. The molecule has 2 rings (SSSR count). The number of carbonyl (C=O) groups is 2. The van der Waals surface area contributed by atoms with E-state index in [1.54, 1.807) is 6.92 Å². The van der Waals surface area contributed by atoms with Crippen LogP contribution in [0, 0.1) is 11.8 Å². The fourth-order valence-corrected chi connectivity index (χ4v) is 2.96. The highest BCUT2D eigenvalue weighted by Gasteiger charge is 2.43. The third kappa shape index (κ3) is 2.20. The van der Waals surface area contributed by atoms with Crippen LogP contribution in [0.15, 0.2) is 0 Å². The van der Waals surface area contributed by atoms with Gasteiger partial charge < -0.3 is 10.1 Å². The minimum absolute atomic E-state index is 0.00467. The Kier molecular flexibility index (Phi) is 3.46. The van der Waals surface area contributed by atoms with Gasteiger partial charge in [-0.1, -0.05) is 25.7 Å². The summed E-state index contributed by atoms with van der Waals surface area (Å²) < 4.78 is 5.01. The number of ether oxygens (including phenoxy) is 1. The lowest BCUT2D eigenvalue weighted by Gasteiger charge is -2.22. The van der Waals surface area contributed by atoms with Gasteiger partial charge in [0.05, 0.1) is 6.61 Å². The fraction of sp³-hybridized carbons (Fsp3) is 0.833. The second-order valence-electron chi connectivity index (χ2n) is 4.71. The number of amides is 1. The zero-order valence-electron chi connectivity index (χ0n) is 9.70. The summed E-state index contributed by atoms with van der Waals surface area (Å²) in [5.41, 5.74) is 0. The van der Waals surface area contributed by atoms with E-state index in [1.165, 1.54) is 12.8 Å². The number of hydrogen-bond acceptors (Lipinski definition) is 3. The third-order valence-corrected chi connectivity index (χ3v) is 3.71. The molecule has 0 spiro atoms. The van der Waals surface area contributed by atoms with Crippen molar-refractivity contribution in [3.05, 3.63) is 0 Å². The number of rotatable bonds is 3. The first-order chi connectivity index (χ1) is 7.72. The van der Waals surface area contributed by atoms with Crippen molar-refractivity contribution in [3.8, 4) is 0 Å². The standard InChI is InChI=1S/C12H19NO3/c1-2-16-12(15)11-9(7-10(14)13-11)8-5-3-4-6-8/h8-9,11H,2-7H2,1H3,(H,13,14). The Labute approximate surface area is 95.7 Å². The van der Waals surface area contributed by atoms with Crippen LogP contribution in [0.25, 0.3) is 0 Å². The van der Waals surface area contributed by atoms with Crippen LogP contribution in [-0.4, -0.2) is 24.5 Å². The molecule has 4 nitrogen and oxygen atoms in total. The highest BCUT2D eigenvalue weighted by Crippen LogP contribution is 2.37. The summed E-state index contributed by atoms with van der Waals surface area (Å²) in [6.07, 6.45) is 5.25. The van der Waals surface area contributed by atoms with Crippen LogP contribution < -0.4 is 5.32 Å². The molecule has 2 fully saturated rings. The summed E-state index contributed by atoms with van der Waals surface area (Å²) in [5.74, 6) is 0.419. The van der Waals surface area contributed by atoms with Crippen molar-refractivity contribution < 1.29 is 14.3 Å². The molecule has 1 heterocycles. The minimum atomic E-state index is -0.393. The summed E-state index contributed by atoms with van der Waals surface area (Å²) in [6.45, 7) is 2.17. The summed E-state index contributed by atoms with van der Waals surface area (Å²) in [5, 5.41) is 2.75. The number of nitrogens with one attached hydrogen (secondary N) is 1. The van der Waals surface area contributed by atoms with Gasteiger partial charge in [-0.15, -0.1) is 0 Å². The van der Waals surface area contributed by atoms with E-state index in [2.05, 4.69) is 5.32 Å². The summed E-state index contributed by atoms with van der Waals surface area (Å²) in [4.78, 5) is 23.1. The molecule has 1 aliphatic carbocycles. The molecule has 4 heteroatoms. The van der Waals surface area contributed by atoms with Gasteiger partial charge in [0, 0.05) is 12.3 Å². The van der Waals surface area contributed by atoms with Crippen LogP contribution >= 0.6 is 0 Å². The van der Waals surface area contributed by atoms with Gasteiger partial charge in [0.2, 0.25) is 5.91 Å².